The van der Waals surface area contributed by atoms with Crippen LogP contribution in [0, 0.1) is 5.82 Å². The number of hydrazone groups is 1. The number of aryl methyl sites for hydroxylation is 1. The third-order valence-corrected chi connectivity index (χ3v) is 2.97. The summed E-state index contributed by atoms with van der Waals surface area (Å²) in [5, 5.41) is 3.70. The Balaban J connectivity index is 1.82. The molecule has 0 radical (unpaired) electrons. The van der Waals surface area contributed by atoms with E-state index in [0.29, 0.717) is 11.3 Å². The highest BCUT2D eigenvalue weighted by Crippen LogP contribution is 2.13. The minimum Gasteiger partial charge on any atom is -0.484 e. The van der Waals surface area contributed by atoms with Crippen molar-refractivity contribution in [2.75, 3.05) is 6.61 Å². The highest BCUT2D eigenvalue weighted by atomic mass is 19.1. The van der Waals surface area contributed by atoms with Gasteiger partial charge in [0.1, 0.15) is 11.6 Å². The number of benzene rings is 2. The lowest BCUT2D eigenvalue weighted by Crippen LogP contribution is -2.24. The first-order valence-electron chi connectivity index (χ1n) is 6.97. The highest BCUT2D eigenvalue weighted by molar-refractivity contribution is 5.83. The molecule has 1 amide bonds. The SMILES string of the molecule is CCc1cccc(OCC(=O)N/N=C/c2ccccc2F)c1. The topological polar surface area (TPSA) is 50.7 Å². The summed E-state index contributed by atoms with van der Waals surface area (Å²) in [4.78, 5) is 11.6. The predicted octanol–water partition coefficient (Wildman–Crippen LogP) is 2.92. The average molecular weight is 300 g/mol. The molecule has 2 rings (SSSR count). The van der Waals surface area contributed by atoms with Gasteiger partial charge in [0.05, 0.1) is 6.21 Å². The van der Waals surface area contributed by atoms with E-state index in [0.717, 1.165) is 12.0 Å². The van der Waals surface area contributed by atoms with Crippen LogP contribution in [0.2, 0.25) is 0 Å². The van der Waals surface area contributed by atoms with Gasteiger partial charge in [0.15, 0.2) is 6.61 Å². The Kier molecular flexibility index (Phi) is 5.65. The summed E-state index contributed by atoms with van der Waals surface area (Å²) in [6.07, 6.45) is 2.15. The first-order valence-corrected chi connectivity index (χ1v) is 6.97. The van der Waals surface area contributed by atoms with Crippen LogP contribution < -0.4 is 10.2 Å². The van der Waals surface area contributed by atoms with Crippen molar-refractivity contribution in [2.45, 2.75) is 13.3 Å². The number of nitrogens with one attached hydrogen (secondary N) is 1. The van der Waals surface area contributed by atoms with Crippen molar-refractivity contribution in [3.8, 4) is 5.75 Å². The van der Waals surface area contributed by atoms with Crippen LogP contribution >= 0.6 is 0 Å². The average Bonchev–Trinajstić information content (AvgIpc) is 2.55. The lowest BCUT2D eigenvalue weighted by molar-refractivity contribution is -0.123. The van der Waals surface area contributed by atoms with Crippen LogP contribution in [0.25, 0.3) is 0 Å². The van der Waals surface area contributed by atoms with E-state index in [2.05, 4.69) is 10.5 Å². The molecular weight excluding hydrogens is 283 g/mol. The van der Waals surface area contributed by atoms with Crippen LogP contribution in [0.15, 0.2) is 53.6 Å². The molecule has 0 aromatic heterocycles. The van der Waals surface area contributed by atoms with Gasteiger partial charge in [0.2, 0.25) is 0 Å². The zero-order valence-electron chi connectivity index (χ0n) is 12.3. The Bertz CT molecular complexity index is 671. The van der Waals surface area contributed by atoms with Crippen molar-refractivity contribution in [1.29, 1.82) is 0 Å². The lowest BCUT2D eigenvalue weighted by atomic mass is 10.2. The zero-order valence-corrected chi connectivity index (χ0v) is 12.3. The minimum absolute atomic E-state index is 0.151. The summed E-state index contributed by atoms with van der Waals surface area (Å²) in [6.45, 7) is 1.89. The molecule has 0 fully saturated rings. The molecule has 0 unspecified atom stereocenters. The minimum atomic E-state index is -0.408. The lowest BCUT2D eigenvalue weighted by Gasteiger charge is -2.06. The van der Waals surface area contributed by atoms with Gasteiger partial charge in [-0.2, -0.15) is 5.10 Å². The van der Waals surface area contributed by atoms with Gasteiger partial charge < -0.3 is 4.74 Å². The van der Waals surface area contributed by atoms with Gasteiger partial charge in [-0.1, -0.05) is 37.3 Å². The van der Waals surface area contributed by atoms with Crippen molar-refractivity contribution >= 4 is 12.1 Å². The molecule has 0 saturated carbocycles. The third kappa shape index (κ3) is 4.70. The number of halogens is 1. The monoisotopic (exact) mass is 300 g/mol. The third-order valence-electron chi connectivity index (χ3n) is 2.97. The summed E-state index contributed by atoms with van der Waals surface area (Å²) in [5.41, 5.74) is 3.74. The van der Waals surface area contributed by atoms with E-state index >= 15 is 0 Å². The molecule has 5 heteroatoms. The predicted molar refractivity (Wildman–Crippen MR) is 83.5 cm³/mol. The highest BCUT2D eigenvalue weighted by Gasteiger charge is 2.02. The summed E-state index contributed by atoms with van der Waals surface area (Å²) in [5.74, 6) is -0.171. The van der Waals surface area contributed by atoms with E-state index in [-0.39, 0.29) is 6.61 Å². The fourth-order valence-electron chi connectivity index (χ4n) is 1.79. The molecular formula is C17H17FN2O2. The molecule has 114 valence electrons. The number of rotatable bonds is 6. The van der Waals surface area contributed by atoms with E-state index in [1.54, 1.807) is 24.3 Å². The van der Waals surface area contributed by atoms with E-state index < -0.39 is 11.7 Å². The molecule has 0 aliphatic heterocycles. The largest absolute Gasteiger partial charge is 0.484 e. The van der Waals surface area contributed by atoms with Crippen molar-refractivity contribution in [1.82, 2.24) is 5.43 Å². The van der Waals surface area contributed by atoms with Crippen LogP contribution in [-0.2, 0) is 11.2 Å². The number of carbonyl (C=O) groups is 1. The maximum absolute atomic E-state index is 13.3. The molecule has 2 aromatic carbocycles. The molecule has 0 atom stereocenters. The molecule has 2 aromatic rings. The van der Waals surface area contributed by atoms with Gasteiger partial charge in [-0.3, -0.25) is 4.79 Å². The van der Waals surface area contributed by atoms with Crippen molar-refractivity contribution in [3.05, 3.63) is 65.5 Å². The standard InChI is InChI=1S/C17H17FN2O2/c1-2-13-6-5-8-15(10-13)22-12-17(21)20-19-11-14-7-3-4-9-16(14)18/h3-11H,2,12H2,1H3,(H,20,21)/b19-11+. The van der Waals surface area contributed by atoms with Gasteiger partial charge in [0, 0.05) is 5.56 Å². The second-order valence-corrected chi connectivity index (χ2v) is 4.60. The van der Waals surface area contributed by atoms with Gasteiger partial charge in [-0.15, -0.1) is 0 Å². The molecule has 0 heterocycles. The van der Waals surface area contributed by atoms with Crippen molar-refractivity contribution in [2.24, 2.45) is 5.10 Å². The van der Waals surface area contributed by atoms with E-state index in [4.69, 9.17) is 4.74 Å². The van der Waals surface area contributed by atoms with Crippen molar-refractivity contribution < 1.29 is 13.9 Å². The molecule has 1 N–H and O–H groups in total. The molecule has 0 aliphatic rings. The van der Waals surface area contributed by atoms with Gasteiger partial charge in [-0.05, 0) is 30.2 Å². The van der Waals surface area contributed by atoms with Crippen LogP contribution in [0.3, 0.4) is 0 Å². The second kappa shape index (κ2) is 7.93. The number of ether oxygens (including phenoxy) is 1. The van der Waals surface area contributed by atoms with Gasteiger partial charge in [-0.25, -0.2) is 9.82 Å². The Morgan fingerprint density at radius 2 is 2.09 bits per heavy atom. The number of hydrogen-bond donors (Lipinski definition) is 1. The quantitative estimate of drug-likeness (QED) is 0.659. The van der Waals surface area contributed by atoms with Crippen molar-refractivity contribution in [3.63, 3.8) is 0 Å². The fraction of sp³-hybridized carbons (Fsp3) is 0.176. The normalized spacial score (nSPS) is 10.6. The first-order chi connectivity index (χ1) is 10.7. The second-order valence-electron chi connectivity index (χ2n) is 4.60. The van der Waals surface area contributed by atoms with Gasteiger partial charge >= 0.3 is 0 Å². The first kappa shape index (κ1) is 15.7. The maximum Gasteiger partial charge on any atom is 0.277 e. The van der Waals surface area contributed by atoms with E-state index in [1.807, 2.05) is 25.1 Å². The number of hydrogen-bond acceptors (Lipinski definition) is 3. The molecule has 22 heavy (non-hydrogen) atoms. The number of amides is 1. The van der Waals surface area contributed by atoms with Crippen LogP contribution in [0.4, 0.5) is 4.39 Å². The smallest absolute Gasteiger partial charge is 0.277 e. The molecule has 0 spiro atoms. The Hall–Kier alpha value is -2.69. The Morgan fingerprint density at radius 3 is 2.86 bits per heavy atom. The van der Waals surface area contributed by atoms with Crippen LogP contribution in [0.5, 0.6) is 5.75 Å². The van der Waals surface area contributed by atoms with E-state index in [1.165, 1.54) is 12.3 Å². The van der Waals surface area contributed by atoms with E-state index in [9.17, 15) is 9.18 Å². The number of carbonyl (C=O) groups excluding carboxylic acids is 1. The summed E-state index contributed by atoms with van der Waals surface area (Å²) in [6, 6.07) is 13.7. The maximum atomic E-state index is 13.3. The van der Waals surface area contributed by atoms with Crippen LogP contribution in [-0.4, -0.2) is 18.7 Å². The van der Waals surface area contributed by atoms with Gasteiger partial charge in [0.25, 0.3) is 5.91 Å². The van der Waals surface area contributed by atoms with Crippen LogP contribution in [0.1, 0.15) is 18.1 Å². The molecule has 0 bridgehead atoms. The molecule has 0 aliphatic carbocycles. The molecule has 4 nitrogen and oxygen atoms in total. The zero-order chi connectivity index (χ0) is 15.8. The summed E-state index contributed by atoms with van der Waals surface area (Å²) in [7, 11) is 0. The summed E-state index contributed by atoms with van der Waals surface area (Å²) < 4.78 is 18.7. The Morgan fingerprint density at radius 1 is 1.27 bits per heavy atom. The fourth-order valence-corrected chi connectivity index (χ4v) is 1.79. The molecule has 0 saturated heterocycles. The summed E-state index contributed by atoms with van der Waals surface area (Å²) >= 11 is 0. The Labute approximate surface area is 128 Å². The number of nitrogens with zero attached hydrogens (tertiary/aromatic N) is 1.